The molecule has 0 spiro atoms. The first-order chi connectivity index (χ1) is 11.5. The molecule has 0 aliphatic carbocycles. The van der Waals surface area contributed by atoms with Gasteiger partial charge < -0.3 is 10.2 Å². The molecule has 1 N–H and O–H groups in total. The second-order valence-corrected chi connectivity index (χ2v) is 6.26. The number of anilines is 1. The van der Waals surface area contributed by atoms with Crippen molar-refractivity contribution in [3.63, 3.8) is 0 Å². The molecule has 126 valence electrons. The summed E-state index contributed by atoms with van der Waals surface area (Å²) >= 11 is 5.81. The van der Waals surface area contributed by atoms with Crippen LogP contribution in [0.4, 0.5) is 5.69 Å². The first-order valence-electron chi connectivity index (χ1n) is 7.80. The largest absolute Gasteiger partial charge is 0.336 e. The zero-order chi connectivity index (χ0) is 17.5. The molecule has 0 unspecified atom stereocenters. The zero-order valence-electron chi connectivity index (χ0n) is 13.8. The van der Waals surface area contributed by atoms with Crippen molar-refractivity contribution in [1.29, 1.82) is 0 Å². The predicted molar refractivity (Wildman–Crippen MR) is 97.2 cm³/mol. The Hall–Kier alpha value is -2.33. The van der Waals surface area contributed by atoms with Crippen molar-refractivity contribution in [2.24, 2.45) is 0 Å². The Labute approximate surface area is 147 Å². The zero-order valence-corrected chi connectivity index (χ0v) is 14.6. The van der Waals surface area contributed by atoms with Crippen LogP contribution < -0.4 is 5.32 Å². The van der Waals surface area contributed by atoms with Crippen LogP contribution in [-0.2, 0) is 9.59 Å². The first kappa shape index (κ1) is 18.0. The minimum atomic E-state index is -0.236. The van der Waals surface area contributed by atoms with Crippen LogP contribution in [0.25, 0.3) is 0 Å². The molecule has 0 aliphatic heterocycles. The van der Waals surface area contributed by atoms with Gasteiger partial charge in [-0.3, -0.25) is 9.59 Å². The summed E-state index contributed by atoms with van der Waals surface area (Å²) in [5.41, 5.74) is 1.77. The van der Waals surface area contributed by atoms with Gasteiger partial charge in [0.25, 0.3) is 0 Å². The fourth-order valence-electron chi connectivity index (χ4n) is 2.35. The molecule has 2 rings (SSSR count). The smallest absolute Gasteiger partial charge is 0.243 e. The third-order valence-electron chi connectivity index (χ3n) is 3.78. The molecule has 0 fully saturated rings. The van der Waals surface area contributed by atoms with E-state index in [9.17, 15) is 9.59 Å². The fourth-order valence-corrected chi connectivity index (χ4v) is 2.48. The molecule has 5 heteroatoms. The number of rotatable bonds is 6. The summed E-state index contributed by atoms with van der Waals surface area (Å²) in [5.74, 6) is -0.182. The van der Waals surface area contributed by atoms with E-state index in [1.165, 1.54) is 4.90 Å². The number of likely N-dealkylation sites (N-methyl/N-ethyl adjacent to an activating group) is 1. The third kappa shape index (κ3) is 5.39. The average molecular weight is 345 g/mol. The van der Waals surface area contributed by atoms with Crippen LogP contribution in [-0.4, -0.2) is 30.3 Å². The van der Waals surface area contributed by atoms with Crippen molar-refractivity contribution in [2.75, 3.05) is 18.9 Å². The Balaban J connectivity index is 1.84. The third-order valence-corrected chi connectivity index (χ3v) is 4.04. The van der Waals surface area contributed by atoms with Gasteiger partial charge in [0.1, 0.15) is 0 Å². The van der Waals surface area contributed by atoms with E-state index in [-0.39, 0.29) is 24.3 Å². The number of carbonyl (C=O) groups is 2. The van der Waals surface area contributed by atoms with Gasteiger partial charge in [-0.2, -0.15) is 0 Å². The van der Waals surface area contributed by atoms with Crippen molar-refractivity contribution < 1.29 is 9.59 Å². The summed E-state index contributed by atoms with van der Waals surface area (Å²) < 4.78 is 0. The molecule has 0 aliphatic rings. The Bertz CT molecular complexity index is 686. The molecule has 4 nitrogen and oxygen atoms in total. The monoisotopic (exact) mass is 344 g/mol. The van der Waals surface area contributed by atoms with Gasteiger partial charge in [-0.25, -0.2) is 0 Å². The lowest BCUT2D eigenvalue weighted by molar-refractivity contribution is -0.133. The second-order valence-electron chi connectivity index (χ2n) is 5.82. The van der Waals surface area contributed by atoms with Crippen molar-refractivity contribution in [1.82, 2.24) is 4.90 Å². The van der Waals surface area contributed by atoms with Gasteiger partial charge in [0.2, 0.25) is 11.8 Å². The summed E-state index contributed by atoms with van der Waals surface area (Å²) in [4.78, 5) is 25.8. The highest BCUT2D eigenvalue weighted by Crippen LogP contribution is 2.19. The molecular formula is C19H21ClN2O2. The van der Waals surface area contributed by atoms with Crippen molar-refractivity contribution in [3.8, 4) is 0 Å². The number of hydrogen-bond donors (Lipinski definition) is 1. The lowest BCUT2D eigenvalue weighted by Gasteiger charge is -2.19. The summed E-state index contributed by atoms with van der Waals surface area (Å²) in [5, 5.41) is 3.36. The van der Waals surface area contributed by atoms with Crippen LogP contribution in [0.5, 0.6) is 0 Å². The number of amides is 2. The van der Waals surface area contributed by atoms with Gasteiger partial charge in [0.05, 0.1) is 6.54 Å². The Morgan fingerprint density at radius 1 is 1.08 bits per heavy atom. The molecule has 0 heterocycles. The quantitative estimate of drug-likeness (QED) is 0.863. The second kappa shape index (κ2) is 8.50. The lowest BCUT2D eigenvalue weighted by atomic mass is 9.97. The van der Waals surface area contributed by atoms with E-state index in [4.69, 9.17) is 11.6 Å². The van der Waals surface area contributed by atoms with Crippen molar-refractivity contribution in [2.45, 2.75) is 19.3 Å². The fraction of sp³-hybridized carbons (Fsp3) is 0.263. The SMILES string of the molecule is C[C@H](CC(=O)N(C)CC(=O)Nc1ccc(Cl)cc1)c1ccccc1. The molecule has 2 amide bonds. The van der Waals surface area contributed by atoms with Gasteiger partial charge in [-0.1, -0.05) is 48.9 Å². The molecule has 0 radical (unpaired) electrons. The molecule has 2 aromatic carbocycles. The van der Waals surface area contributed by atoms with Crippen molar-refractivity contribution in [3.05, 3.63) is 65.2 Å². The maximum Gasteiger partial charge on any atom is 0.243 e. The molecule has 1 atom stereocenters. The van der Waals surface area contributed by atoms with E-state index < -0.39 is 0 Å². The average Bonchev–Trinajstić information content (AvgIpc) is 2.57. The Morgan fingerprint density at radius 3 is 2.33 bits per heavy atom. The first-order valence-corrected chi connectivity index (χ1v) is 8.18. The van der Waals surface area contributed by atoms with Crippen LogP contribution in [0.3, 0.4) is 0 Å². The van der Waals surface area contributed by atoms with Crippen LogP contribution in [0.2, 0.25) is 5.02 Å². The number of nitrogens with zero attached hydrogens (tertiary/aromatic N) is 1. The van der Waals surface area contributed by atoms with Gasteiger partial charge in [0, 0.05) is 24.2 Å². The van der Waals surface area contributed by atoms with E-state index >= 15 is 0 Å². The molecule has 0 saturated heterocycles. The minimum Gasteiger partial charge on any atom is -0.336 e. The van der Waals surface area contributed by atoms with E-state index in [1.807, 2.05) is 37.3 Å². The van der Waals surface area contributed by atoms with Gasteiger partial charge in [-0.05, 0) is 35.7 Å². The molecule has 0 bridgehead atoms. The van der Waals surface area contributed by atoms with E-state index in [0.29, 0.717) is 17.1 Å². The summed E-state index contributed by atoms with van der Waals surface area (Å²) in [6.45, 7) is 2.03. The molecule has 0 aromatic heterocycles. The minimum absolute atomic E-state index is 0.0168. The number of carbonyl (C=O) groups excluding carboxylic acids is 2. The topological polar surface area (TPSA) is 49.4 Å². The van der Waals surface area contributed by atoms with Gasteiger partial charge in [0.15, 0.2) is 0 Å². The van der Waals surface area contributed by atoms with E-state index in [1.54, 1.807) is 31.3 Å². The standard InChI is InChI=1S/C19H21ClN2O2/c1-14(15-6-4-3-5-7-15)12-19(24)22(2)13-18(23)21-17-10-8-16(20)9-11-17/h3-11,14H,12-13H2,1-2H3,(H,21,23)/t14-/m1/s1. The Morgan fingerprint density at radius 2 is 1.71 bits per heavy atom. The molecule has 2 aromatic rings. The van der Waals surface area contributed by atoms with Crippen LogP contribution in [0, 0.1) is 0 Å². The van der Waals surface area contributed by atoms with Gasteiger partial charge in [-0.15, -0.1) is 0 Å². The summed E-state index contributed by atoms with van der Waals surface area (Å²) in [7, 11) is 1.64. The van der Waals surface area contributed by atoms with Gasteiger partial charge >= 0.3 is 0 Å². The highest BCUT2D eigenvalue weighted by atomic mass is 35.5. The predicted octanol–water partition coefficient (Wildman–Crippen LogP) is 3.93. The number of nitrogens with one attached hydrogen (secondary N) is 1. The van der Waals surface area contributed by atoms with Crippen LogP contribution >= 0.6 is 11.6 Å². The van der Waals surface area contributed by atoms with Crippen LogP contribution in [0.1, 0.15) is 24.8 Å². The number of hydrogen-bond acceptors (Lipinski definition) is 2. The molecule has 24 heavy (non-hydrogen) atoms. The van der Waals surface area contributed by atoms with E-state index in [0.717, 1.165) is 5.56 Å². The Kier molecular flexibility index (Phi) is 6.38. The van der Waals surface area contributed by atoms with Crippen molar-refractivity contribution >= 4 is 29.1 Å². The van der Waals surface area contributed by atoms with Crippen LogP contribution in [0.15, 0.2) is 54.6 Å². The molecule has 0 saturated carbocycles. The maximum absolute atomic E-state index is 12.3. The highest BCUT2D eigenvalue weighted by Gasteiger charge is 2.17. The highest BCUT2D eigenvalue weighted by molar-refractivity contribution is 6.30. The number of halogens is 1. The van der Waals surface area contributed by atoms with E-state index in [2.05, 4.69) is 5.32 Å². The number of benzene rings is 2. The maximum atomic E-state index is 12.3. The normalized spacial score (nSPS) is 11.6. The summed E-state index contributed by atoms with van der Waals surface area (Å²) in [6, 6.07) is 16.7. The summed E-state index contributed by atoms with van der Waals surface area (Å²) in [6.07, 6.45) is 0.370. The lowest BCUT2D eigenvalue weighted by Crippen LogP contribution is -2.35. The molecular weight excluding hydrogens is 324 g/mol.